The zero-order valence-corrected chi connectivity index (χ0v) is 17.4. The van der Waals surface area contributed by atoms with E-state index in [1.54, 1.807) is 18.5 Å². The van der Waals surface area contributed by atoms with Crippen LogP contribution in [-0.4, -0.2) is 31.7 Å². The number of halogens is 1. The molecule has 0 saturated heterocycles. The van der Waals surface area contributed by atoms with Crippen molar-refractivity contribution < 1.29 is 9.18 Å². The third kappa shape index (κ3) is 4.88. The van der Waals surface area contributed by atoms with E-state index in [-0.39, 0.29) is 11.1 Å². The summed E-state index contributed by atoms with van der Waals surface area (Å²) in [5.41, 5.74) is 7.08. The van der Waals surface area contributed by atoms with Gasteiger partial charge >= 0.3 is 0 Å². The first-order chi connectivity index (χ1) is 14.9. The Morgan fingerprint density at radius 1 is 1.26 bits per heavy atom. The van der Waals surface area contributed by atoms with Gasteiger partial charge in [0.2, 0.25) is 5.95 Å². The minimum atomic E-state index is -0.617. The highest BCUT2D eigenvalue weighted by Crippen LogP contribution is 2.36. The summed E-state index contributed by atoms with van der Waals surface area (Å²) < 4.78 is 15.2. The molecule has 8 nitrogen and oxygen atoms in total. The standard InChI is InChI=1S/C22H26FN7O/c1-22(8-5-15(6-9-22)27-13-17-4-2-3-10-25-17)30-14-18(20(24)31)21(29-30)28-16-7-11-26-19(23)12-16/h2-4,7,10-12,14-15,27H,5-6,8-9,13H2,1H3,(H2,24,31)(H,26,28,29). The number of primary amides is 1. The highest BCUT2D eigenvalue weighted by atomic mass is 19.1. The minimum Gasteiger partial charge on any atom is -0.365 e. The van der Waals surface area contributed by atoms with Crippen molar-refractivity contribution in [1.29, 1.82) is 0 Å². The van der Waals surface area contributed by atoms with E-state index in [9.17, 15) is 9.18 Å². The number of rotatable bonds is 7. The molecule has 0 aliphatic heterocycles. The summed E-state index contributed by atoms with van der Waals surface area (Å²) in [5, 5.41) is 11.2. The van der Waals surface area contributed by atoms with Crippen molar-refractivity contribution in [2.75, 3.05) is 5.32 Å². The highest BCUT2D eigenvalue weighted by Gasteiger charge is 2.34. The lowest BCUT2D eigenvalue weighted by Crippen LogP contribution is -2.41. The van der Waals surface area contributed by atoms with Crippen LogP contribution in [0.3, 0.4) is 0 Å². The van der Waals surface area contributed by atoms with Gasteiger partial charge in [0, 0.05) is 42.9 Å². The van der Waals surface area contributed by atoms with Crippen molar-refractivity contribution >= 4 is 17.4 Å². The van der Waals surface area contributed by atoms with Crippen LogP contribution in [0.2, 0.25) is 0 Å². The zero-order chi connectivity index (χ0) is 21.8. The van der Waals surface area contributed by atoms with Gasteiger partial charge in [0.15, 0.2) is 5.82 Å². The van der Waals surface area contributed by atoms with Crippen LogP contribution in [0.5, 0.6) is 0 Å². The number of hydrogen-bond donors (Lipinski definition) is 3. The highest BCUT2D eigenvalue weighted by molar-refractivity contribution is 5.98. The smallest absolute Gasteiger partial charge is 0.254 e. The zero-order valence-electron chi connectivity index (χ0n) is 17.4. The van der Waals surface area contributed by atoms with Crippen LogP contribution < -0.4 is 16.4 Å². The van der Waals surface area contributed by atoms with Crippen LogP contribution in [0.1, 0.15) is 48.7 Å². The molecule has 1 saturated carbocycles. The van der Waals surface area contributed by atoms with Crippen LogP contribution in [0.15, 0.2) is 48.9 Å². The molecule has 162 valence electrons. The fraction of sp³-hybridized carbons (Fsp3) is 0.364. The average molecular weight is 423 g/mol. The Morgan fingerprint density at radius 2 is 2.06 bits per heavy atom. The van der Waals surface area contributed by atoms with Crippen molar-refractivity contribution in [2.24, 2.45) is 5.73 Å². The molecule has 1 fully saturated rings. The molecule has 3 aromatic heterocycles. The summed E-state index contributed by atoms with van der Waals surface area (Å²) in [6.07, 6.45) is 8.59. The molecule has 9 heteroatoms. The van der Waals surface area contributed by atoms with Gasteiger partial charge in [-0.1, -0.05) is 6.07 Å². The van der Waals surface area contributed by atoms with E-state index < -0.39 is 11.9 Å². The molecule has 3 aromatic rings. The Morgan fingerprint density at radius 3 is 2.74 bits per heavy atom. The van der Waals surface area contributed by atoms with E-state index in [2.05, 4.69) is 32.6 Å². The third-order valence-electron chi connectivity index (χ3n) is 5.88. The summed E-state index contributed by atoms with van der Waals surface area (Å²) in [5.74, 6) is -0.888. The monoisotopic (exact) mass is 423 g/mol. The second-order valence-corrected chi connectivity index (χ2v) is 8.17. The van der Waals surface area contributed by atoms with Crippen molar-refractivity contribution in [3.8, 4) is 0 Å². The van der Waals surface area contributed by atoms with E-state index in [1.165, 1.54) is 12.3 Å². The topological polar surface area (TPSA) is 111 Å². The molecular formula is C22H26FN7O. The van der Waals surface area contributed by atoms with Gasteiger partial charge in [-0.05, 0) is 50.8 Å². The number of nitrogens with two attached hydrogens (primary N) is 1. The molecule has 0 radical (unpaired) electrons. The molecule has 0 atom stereocenters. The first kappa shape index (κ1) is 20.9. The minimum absolute atomic E-state index is 0.239. The molecule has 31 heavy (non-hydrogen) atoms. The molecule has 1 amide bonds. The van der Waals surface area contributed by atoms with Crippen molar-refractivity contribution in [3.63, 3.8) is 0 Å². The average Bonchev–Trinajstić information content (AvgIpc) is 3.19. The van der Waals surface area contributed by atoms with Crippen LogP contribution >= 0.6 is 0 Å². The Kier molecular flexibility index (Phi) is 5.94. The lowest BCUT2D eigenvalue weighted by Gasteiger charge is -2.38. The third-order valence-corrected chi connectivity index (χ3v) is 5.88. The number of nitrogens with zero attached hydrogens (tertiary/aromatic N) is 4. The normalized spacial score (nSPS) is 21.0. The summed E-state index contributed by atoms with van der Waals surface area (Å²) in [6.45, 7) is 2.88. The first-order valence-electron chi connectivity index (χ1n) is 10.3. The Hall–Kier alpha value is -3.33. The van der Waals surface area contributed by atoms with E-state index >= 15 is 0 Å². The van der Waals surface area contributed by atoms with Crippen molar-refractivity contribution in [1.82, 2.24) is 25.1 Å². The molecule has 0 bridgehead atoms. The molecule has 4 N–H and O–H groups in total. The number of nitrogens with one attached hydrogen (secondary N) is 2. The quantitative estimate of drug-likeness (QED) is 0.504. The van der Waals surface area contributed by atoms with Gasteiger partial charge in [-0.25, -0.2) is 4.98 Å². The Bertz CT molecular complexity index is 1050. The molecule has 0 spiro atoms. The number of carbonyl (C=O) groups excluding carboxylic acids is 1. The van der Waals surface area contributed by atoms with Gasteiger partial charge < -0.3 is 16.4 Å². The molecule has 0 unspecified atom stereocenters. The molecule has 1 aliphatic carbocycles. The van der Waals surface area contributed by atoms with Crippen LogP contribution in [0, 0.1) is 5.95 Å². The maximum absolute atomic E-state index is 13.4. The fourth-order valence-electron chi connectivity index (χ4n) is 3.96. The van der Waals surface area contributed by atoms with Gasteiger partial charge in [-0.2, -0.15) is 9.49 Å². The summed E-state index contributed by atoms with van der Waals surface area (Å²) in [4.78, 5) is 19.9. The molecule has 1 aliphatic rings. The van der Waals surface area contributed by atoms with E-state index in [4.69, 9.17) is 5.73 Å². The van der Waals surface area contributed by atoms with Crippen LogP contribution in [0.25, 0.3) is 0 Å². The maximum Gasteiger partial charge on any atom is 0.254 e. The van der Waals surface area contributed by atoms with Gasteiger partial charge in [-0.3, -0.25) is 14.5 Å². The largest absolute Gasteiger partial charge is 0.365 e. The van der Waals surface area contributed by atoms with E-state index in [0.29, 0.717) is 17.5 Å². The summed E-state index contributed by atoms with van der Waals surface area (Å²) in [7, 11) is 0. The first-order valence-corrected chi connectivity index (χ1v) is 10.3. The molecular weight excluding hydrogens is 397 g/mol. The van der Waals surface area contributed by atoms with Crippen molar-refractivity contribution in [3.05, 3.63) is 66.1 Å². The lowest BCUT2D eigenvalue weighted by molar-refractivity contribution is 0.100. The van der Waals surface area contributed by atoms with Crippen molar-refractivity contribution in [2.45, 2.75) is 50.7 Å². The van der Waals surface area contributed by atoms with Crippen LogP contribution in [0.4, 0.5) is 15.9 Å². The van der Waals surface area contributed by atoms with Gasteiger partial charge in [-0.15, -0.1) is 0 Å². The van der Waals surface area contributed by atoms with Gasteiger partial charge in [0.1, 0.15) is 5.56 Å². The number of hydrogen-bond acceptors (Lipinski definition) is 6. The Balaban J connectivity index is 1.44. The second kappa shape index (κ2) is 8.81. The summed E-state index contributed by atoms with van der Waals surface area (Å²) >= 11 is 0. The lowest BCUT2D eigenvalue weighted by atomic mass is 9.81. The van der Waals surface area contributed by atoms with Gasteiger partial charge in [0.05, 0.1) is 11.2 Å². The molecule has 3 heterocycles. The molecule has 0 aromatic carbocycles. The molecule has 4 rings (SSSR count). The number of pyridine rings is 2. The predicted molar refractivity (Wildman–Crippen MR) is 115 cm³/mol. The predicted octanol–water partition coefficient (Wildman–Crippen LogP) is 3.10. The summed E-state index contributed by atoms with van der Waals surface area (Å²) in [6, 6.07) is 9.16. The number of carbonyl (C=O) groups is 1. The fourth-order valence-corrected chi connectivity index (χ4v) is 3.96. The SMILES string of the molecule is CC1(n2cc(C(N)=O)c(Nc3ccnc(F)c3)n2)CCC(NCc2ccccn2)CC1. The van der Waals surface area contributed by atoms with Crippen LogP contribution in [-0.2, 0) is 12.1 Å². The maximum atomic E-state index is 13.4. The number of aromatic nitrogens is 4. The Labute approximate surface area is 180 Å². The number of anilines is 2. The second-order valence-electron chi connectivity index (χ2n) is 8.17. The van der Waals surface area contributed by atoms with E-state index in [1.807, 2.05) is 22.9 Å². The number of amides is 1. The van der Waals surface area contributed by atoms with Gasteiger partial charge in [0.25, 0.3) is 5.91 Å². The van der Waals surface area contributed by atoms with E-state index in [0.717, 1.165) is 37.9 Å².